The highest BCUT2D eigenvalue weighted by Gasteiger charge is 2.33. The summed E-state index contributed by atoms with van der Waals surface area (Å²) in [5.74, 6) is -0.582. The predicted octanol–water partition coefficient (Wildman–Crippen LogP) is 2.22. The molecule has 4 N–H and O–H groups in total. The minimum Gasteiger partial charge on any atom is -0.378 e. The predicted molar refractivity (Wildman–Crippen MR) is 151 cm³/mol. The van der Waals surface area contributed by atoms with E-state index in [9.17, 15) is 19.2 Å². The van der Waals surface area contributed by atoms with Gasteiger partial charge in [0.05, 0.1) is 39.6 Å². The standard InChI is InChI=1S/C28H54N4O7/c1-5-8-11-17-31-27(36)14-20-39-23-28(32-24(4)33,21-37-18-12-25(34)29-15-9-6-2)22-38-19-13-26(35)30-16-10-7-3/h5-23H2,1-4H3,(H,29,34)(H,30,35)(H,31,36)(H,32,33). The maximum absolute atomic E-state index is 12.1. The number of hydrogen-bond acceptors (Lipinski definition) is 7. The molecule has 0 aromatic heterocycles. The molecule has 11 nitrogen and oxygen atoms in total. The molecule has 0 aliphatic rings. The Morgan fingerprint density at radius 1 is 0.564 bits per heavy atom. The minimum absolute atomic E-state index is 0.0424. The lowest BCUT2D eigenvalue weighted by Crippen LogP contribution is -2.58. The van der Waals surface area contributed by atoms with Crippen LogP contribution in [0.2, 0.25) is 0 Å². The SMILES string of the molecule is CCCCCNC(=O)CCOCC(COCCC(=O)NCCCC)(COCCC(=O)NCCCC)NC(C)=O. The maximum Gasteiger partial charge on any atom is 0.222 e. The van der Waals surface area contributed by atoms with Crippen LogP contribution in [0, 0.1) is 0 Å². The van der Waals surface area contributed by atoms with Crippen molar-refractivity contribution in [3.63, 3.8) is 0 Å². The molecule has 0 aliphatic heterocycles. The van der Waals surface area contributed by atoms with Gasteiger partial charge in [-0.05, 0) is 19.3 Å². The average molecular weight is 559 g/mol. The van der Waals surface area contributed by atoms with E-state index in [4.69, 9.17) is 14.2 Å². The molecule has 0 rings (SSSR count). The lowest BCUT2D eigenvalue weighted by Gasteiger charge is -2.34. The van der Waals surface area contributed by atoms with Crippen molar-refractivity contribution in [3.8, 4) is 0 Å². The second kappa shape index (κ2) is 24.8. The van der Waals surface area contributed by atoms with Crippen LogP contribution in [-0.2, 0) is 33.4 Å². The molecule has 0 aromatic carbocycles. The van der Waals surface area contributed by atoms with Gasteiger partial charge in [-0.3, -0.25) is 19.2 Å². The van der Waals surface area contributed by atoms with Crippen LogP contribution in [0.5, 0.6) is 0 Å². The Morgan fingerprint density at radius 2 is 0.923 bits per heavy atom. The van der Waals surface area contributed by atoms with Gasteiger partial charge in [-0.25, -0.2) is 0 Å². The van der Waals surface area contributed by atoms with Crippen molar-refractivity contribution in [1.29, 1.82) is 0 Å². The third-order valence-electron chi connectivity index (χ3n) is 5.80. The van der Waals surface area contributed by atoms with Crippen molar-refractivity contribution in [2.24, 2.45) is 0 Å². The summed E-state index contributed by atoms with van der Waals surface area (Å²) in [5, 5.41) is 11.4. The molecule has 0 heterocycles. The molecule has 0 unspecified atom stereocenters. The molecular formula is C28H54N4O7. The van der Waals surface area contributed by atoms with E-state index in [1.165, 1.54) is 6.92 Å². The molecule has 0 bridgehead atoms. The smallest absolute Gasteiger partial charge is 0.222 e. The Hall–Kier alpha value is -2.24. The maximum atomic E-state index is 12.1. The van der Waals surface area contributed by atoms with E-state index in [0.29, 0.717) is 19.6 Å². The first-order chi connectivity index (χ1) is 18.8. The summed E-state index contributed by atoms with van der Waals surface area (Å²) in [6.45, 7) is 10.1. The van der Waals surface area contributed by atoms with E-state index in [1.807, 2.05) is 0 Å². The molecule has 0 atom stereocenters. The third-order valence-corrected chi connectivity index (χ3v) is 5.80. The largest absolute Gasteiger partial charge is 0.378 e. The molecule has 4 amide bonds. The Kier molecular flexibility index (Phi) is 23.4. The number of unbranched alkanes of at least 4 members (excludes halogenated alkanes) is 4. The van der Waals surface area contributed by atoms with Crippen molar-refractivity contribution < 1.29 is 33.4 Å². The van der Waals surface area contributed by atoms with Gasteiger partial charge in [-0.15, -0.1) is 0 Å². The summed E-state index contributed by atoms with van der Waals surface area (Å²) in [6, 6.07) is 0. The number of carbonyl (C=O) groups is 4. The highest BCUT2D eigenvalue weighted by atomic mass is 16.5. The number of hydrogen-bond donors (Lipinski definition) is 4. The molecule has 0 radical (unpaired) electrons. The van der Waals surface area contributed by atoms with Crippen molar-refractivity contribution in [3.05, 3.63) is 0 Å². The van der Waals surface area contributed by atoms with Gasteiger partial charge in [0.15, 0.2) is 0 Å². The first-order valence-electron chi connectivity index (χ1n) is 14.6. The second-order valence-corrected chi connectivity index (χ2v) is 9.83. The highest BCUT2D eigenvalue weighted by Crippen LogP contribution is 2.10. The lowest BCUT2D eigenvalue weighted by atomic mass is 10.0. The van der Waals surface area contributed by atoms with Gasteiger partial charge >= 0.3 is 0 Å². The van der Waals surface area contributed by atoms with Crippen molar-refractivity contribution in [1.82, 2.24) is 21.3 Å². The molecule has 0 saturated carbocycles. The van der Waals surface area contributed by atoms with Crippen LogP contribution in [-0.4, -0.2) is 88.4 Å². The van der Waals surface area contributed by atoms with E-state index in [-0.39, 0.29) is 82.5 Å². The van der Waals surface area contributed by atoms with Crippen molar-refractivity contribution >= 4 is 23.6 Å². The number of ether oxygens (including phenoxy) is 3. The van der Waals surface area contributed by atoms with Gasteiger partial charge in [-0.1, -0.05) is 46.5 Å². The van der Waals surface area contributed by atoms with Crippen molar-refractivity contribution in [2.45, 2.75) is 97.4 Å². The normalized spacial score (nSPS) is 11.2. The summed E-state index contributed by atoms with van der Waals surface area (Å²) in [7, 11) is 0. The molecule has 11 heteroatoms. The molecule has 0 fully saturated rings. The Morgan fingerprint density at radius 3 is 1.26 bits per heavy atom. The summed E-state index contributed by atoms with van der Waals surface area (Å²) in [5.41, 5.74) is -1.04. The van der Waals surface area contributed by atoms with E-state index >= 15 is 0 Å². The molecule has 228 valence electrons. The van der Waals surface area contributed by atoms with E-state index in [1.54, 1.807) is 0 Å². The number of amides is 4. The van der Waals surface area contributed by atoms with Crippen LogP contribution in [0.15, 0.2) is 0 Å². The number of carbonyl (C=O) groups excluding carboxylic acids is 4. The van der Waals surface area contributed by atoms with Crippen LogP contribution in [0.25, 0.3) is 0 Å². The minimum atomic E-state index is -1.04. The lowest BCUT2D eigenvalue weighted by molar-refractivity contribution is -0.129. The van der Waals surface area contributed by atoms with Crippen molar-refractivity contribution in [2.75, 3.05) is 59.3 Å². The average Bonchev–Trinajstić information content (AvgIpc) is 2.89. The Labute approximate surface area is 235 Å². The first kappa shape index (κ1) is 36.8. The van der Waals surface area contributed by atoms with Gasteiger partial charge in [0.25, 0.3) is 0 Å². The summed E-state index contributed by atoms with van der Waals surface area (Å²) < 4.78 is 17.4. The van der Waals surface area contributed by atoms with Crippen LogP contribution >= 0.6 is 0 Å². The quantitative estimate of drug-likeness (QED) is 0.119. The van der Waals surface area contributed by atoms with Gasteiger partial charge in [-0.2, -0.15) is 0 Å². The zero-order valence-corrected chi connectivity index (χ0v) is 24.8. The molecule has 0 aliphatic carbocycles. The second-order valence-electron chi connectivity index (χ2n) is 9.83. The van der Waals surface area contributed by atoms with Crippen LogP contribution in [0.4, 0.5) is 0 Å². The van der Waals surface area contributed by atoms with Crippen LogP contribution < -0.4 is 21.3 Å². The molecule has 0 aromatic rings. The van der Waals surface area contributed by atoms with Gasteiger partial charge in [0, 0.05) is 45.8 Å². The topological polar surface area (TPSA) is 144 Å². The van der Waals surface area contributed by atoms with E-state index in [0.717, 1.165) is 44.9 Å². The molecule has 39 heavy (non-hydrogen) atoms. The fourth-order valence-corrected chi connectivity index (χ4v) is 3.58. The first-order valence-corrected chi connectivity index (χ1v) is 14.6. The number of nitrogens with one attached hydrogen (secondary N) is 4. The van der Waals surface area contributed by atoms with E-state index < -0.39 is 5.54 Å². The molecule has 0 spiro atoms. The Bertz CT molecular complexity index is 646. The molecular weight excluding hydrogens is 504 g/mol. The van der Waals surface area contributed by atoms with E-state index in [2.05, 4.69) is 42.0 Å². The zero-order valence-electron chi connectivity index (χ0n) is 24.8. The third kappa shape index (κ3) is 22.3. The summed E-state index contributed by atoms with van der Waals surface area (Å²) in [6.07, 6.45) is 7.50. The molecule has 0 saturated heterocycles. The van der Waals surface area contributed by atoms with Gasteiger partial charge in [0.1, 0.15) is 5.54 Å². The fraction of sp³-hybridized carbons (Fsp3) is 0.857. The Balaban J connectivity index is 4.91. The highest BCUT2D eigenvalue weighted by molar-refractivity contribution is 5.76. The summed E-state index contributed by atoms with van der Waals surface area (Å²) >= 11 is 0. The van der Waals surface area contributed by atoms with Gasteiger partial charge in [0.2, 0.25) is 23.6 Å². The summed E-state index contributed by atoms with van der Waals surface area (Å²) in [4.78, 5) is 48.1. The fourth-order valence-electron chi connectivity index (χ4n) is 3.58. The zero-order chi connectivity index (χ0) is 29.2. The van der Waals surface area contributed by atoms with Crippen LogP contribution in [0.3, 0.4) is 0 Å². The number of rotatable bonds is 26. The van der Waals surface area contributed by atoms with Gasteiger partial charge < -0.3 is 35.5 Å². The monoisotopic (exact) mass is 558 g/mol. The van der Waals surface area contributed by atoms with Crippen LogP contribution in [0.1, 0.15) is 91.9 Å².